The van der Waals surface area contributed by atoms with Crippen molar-refractivity contribution in [3.63, 3.8) is 0 Å². The fourth-order valence-electron chi connectivity index (χ4n) is 2.49. The molecular formula is C17H17N3O2. The van der Waals surface area contributed by atoms with Crippen LogP contribution in [0.1, 0.15) is 30.0 Å². The van der Waals surface area contributed by atoms with Gasteiger partial charge in [-0.25, -0.2) is 14.8 Å². The number of benzene rings is 1. The third-order valence-corrected chi connectivity index (χ3v) is 3.45. The standard InChI is InChI=1S/C17H17N3O2/c1-11(2)10-15-19-14-4-3-9-18-16(14)20(15)13-7-5-12(6-8-13)17(21)22/h3-9,11H,10H2,1-2H3,(H,21,22). The molecule has 0 radical (unpaired) electrons. The molecule has 0 unspecified atom stereocenters. The summed E-state index contributed by atoms with van der Waals surface area (Å²) in [6.07, 6.45) is 2.57. The van der Waals surface area contributed by atoms with Gasteiger partial charge < -0.3 is 5.11 Å². The summed E-state index contributed by atoms with van der Waals surface area (Å²) in [5.74, 6) is 0.475. The summed E-state index contributed by atoms with van der Waals surface area (Å²) in [5.41, 5.74) is 2.79. The number of pyridine rings is 1. The van der Waals surface area contributed by atoms with E-state index in [1.54, 1.807) is 30.5 Å². The Kier molecular flexibility index (Phi) is 3.63. The molecule has 0 bridgehead atoms. The molecule has 0 atom stereocenters. The summed E-state index contributed by atoms with van der Waals surface area (Å²) in [6.45, 7) is 4.29. The van der Waals surface area contributed by atoms with Gasteiger partial charge in [0.1, 0.15) is 11.3 Å². The molecule has 22 heavy (non-hydrogen) atoms. The van der Waals surface area contributed by atoms with Crippen molar-refractivity contribution in [2.45, 2.75) is 20.3 Å². The zero-order valence-electron chi connectivity index (χ0n) is 12.5. The van der Waals surface area contributed by atoms with Crippen LogP contribution in [0.15, 0.2) is 42.6 Å². The lowest BCUT2D eigenvalue weighted by Crippen LogP contribution is -2.06. The third-order valence-electron chi connectivity index (χ3n) is 3.45. The van der Waals surface area contributed by atoms with Gasteiger partial charge in [-0.3, -0.25) is 4.57 Å². The fraction of sp³-hybridized carbons (Fsp3) is 0.235. The van der Waals surface area contributed by atoms with E-state index in [9.17, 15) is 4.79 Å². The Bertz CT molecular complexity index is 820. The van der Waals surface area contributed by atoms with Gasteiger partial charge >= 0.3 is 5.97 Å². The van der Waals surface area contributed by atoms with Gasteiger partial charge in [0.2, 0.25) is 0 Å². The predicted molar refractivity (Wildman–Crippen MR) is 84.4 cm³/mol. The Hall–Kier alpha value is -2.69. The maximum absolute atomic E-state index is 11.0. The smallest absolute Gasteiger partial charge is 0.335 e. The van der Waals surface area contributed by atoms with E-state index in [1.807, 2.05) is 16.7 Å². The van der Waals surface area contributed by atoms with E-state index >= 15 is 0 Å². The number of hydrogen-bond donors (Lipinski definition) is 1. The minimum absolute atomic E-state index is 0.270. The summed E-state index contributed by atoms with van der Waals surface area (Å²) in [6, 6.07) is 10.6. The number of fused-ring (bicyclic) bond motifs is 1. The molecule has 0 aliphatic rings. The van der Waals surface area contributed by atoms with Crippen LogP contribution in [-0.4, -0.2) is 25.6 Å². The molecule has 0 amide bonds. The lowest BCUT2D eigenvalue weighted by Gasteiger charge is -2.10. The van der Waals surface area contributed by atoms with Crippen LogP contribution in [0.4, 0.5) is 0 Å². The lowest BCUT2D eigenvalue weighted by molar-refractivity contribution is 0.0697. The number of aromatic carboxylic acids is 1. The lowest BCUT2D eigenvalue weighted by atomic mass is 10.1. The highest BCUT2D eigenvalue weighted by atomic mass is 16.4. The molecule has 2 aromatic heterocycles. The minimum Gasteiger partial charge on any atom is -0.478 e. The van der Waals surface area contributed by atoms with Crippen LogP contribution in [0, 0.1) is 5.92 Å². The molecule has 112 valence electrons. The fourth-order valence-corrected chi connectivity index (χ4v) is 2.49. The Balaban J connectivity index is 2.16. The number of hydrogen-bond acceptors (Lipinski definition) is 3. The van der Waals surface area contributed by atoms with E-state index < -0.39 is 5.97 Å². The third kappa shape index (κ3) is 2.57. The van der Waals surface area contributed by atoms with E-state index in [2.05, 4.69) is 23.8 Å². The number of rotatable bonds is 4. The van der Waals surface area contributed by atoms with Gasteiger partial charge in [0, 0.05) is 18.3 Å². The number of nitrogens with zero attached hydrogens (tertiary/aromatic N) is 3. The van der Waals surface area contributed by atoms with Gasteiger partial charge in [0.05, 0.1) is 5.56 Å². The quantitative estimate of drug-likeness (QED) is 0.801. The summed E-state index contributed by atoms with van der Waals surface area (Å²) in [4.78, 5) is 20.1. The second-order valence-corrected chi connectivity index (χ2v) is 5.66. The van der Waals surface area contributed by atoms with Crippen LogP contribution in [-0.2, 0) is 6.42 Å². The zero-order valence-corrected chi connectivity index (χ0v) is 12.5. The van der Waals surface area contributed by atoms with Crippen LogP contribution in [0.2, 0.25) is 0 Å². The Labute approximate surface area is 128 Å². The van der Waals surface area contributed by atoms with Crippen LogP contribution in [0.3, 0.4) is 0 Å². The van der Waals surface area contributed by atoms with Crippen LogP contribution >= 0.6 is 0 Å². The summed E-state index contributed by atoms with van der Waals surface area (Å²) < 4.78 is 2.00. The van der Waals surface area contributed by atoms with Gasteiger partial charge in [0.25, 0.3) is 0 Å². The van der Waals surface area contributed by atoms with Crippen molar-refractivity contribution in [2.24, 2.45) is 5.92 Å². The van der Waals surface area contributed by atoms with Crippen LogP contribution < -0.4 is 0 Å². The van der Waals surface area contributed by atoms with Gasteiger partial charge in [-0.05, 0) is 42.3 Å². The molecule has 5 heteroatoms. The molecule has 0 saturated heterocycles. The topological polar surface area (TPSA) is 68.0 Å². The van der Waals surface area contributed by atoms with Crippen LogP contribution in [0.5, 0.6) is 0 Å². The highest BCUT2D eigenvalue weighted by Crippen LogP contribution is 2.22. The predicted octanol–water partition coefficient (Wildman–Crippen LogP) is 3.32. The number of imidazole rings is 1. The minimum atomic E-state index is -0.928. The molecule has 0 spiro atoms. The number of aromatic nitrogens is 3. The maximum atomic E-state index is 11.0. The molecular weight excluding hydrogens is 278 g/mol. The van der Waals surface area contributed by atoms with Gasteiger partial charge in [-0.15, -0.1) is 0 Å². The average molecular weight is 295 g/mol. The number of carboxylic acid groups (broad SMARTS) is 1. The number of carbonyl (C=O) groups is 1. The van der Waals surface area contributed by atoms with Gasteiger partial charge in [-0.1, -0.05) is 13.8 Å². The maximum Gasteiger partial charge on any atom is 0.335 e. The first-order valence-electron chi connectivity index (χ1n) is 7.22. The molecule has 2 heterocycles. The average Bonchev–Trinajstić information content (AvgIpc) is 2.84. The molecule has 3 aromatic rings. The van der Waals surface area contributed by atoms with E-state index in [0.717, 1.165) is 29.1 Å². The van der Waals surface area contributed by atoms with Gasteiger partial charge in [-0.2, -0.15) is 0 Å². The first-order valence-corrected chi connectivity index (χ1v) is 7.22. The molecule has 1 N–H and O–H groups in total. The summed E-state index contributed by atoms with van der Waals surface area (Å²) in [7, 11) is 0. The molecule has 0 saturated carbocycles. The monoisotopic (exact) mass is 295 g/mol. The Morgan fingerprint density at radius 3 is 2.59 bits per heavy atom. The largest absolute Gasteiger partial charge is 0.478 e. The van der Waals surface area contributed by atoms with Crippen molar-refractivity contribution in [1.29, 1.82) is 0 Å². The Morgan fingerprint density at radius 1 is 1.23 bits per heavy atom. The molecule has 1 aromatic carbocycles. The van der Waals surface area contributed by atoms with Crippen molar-refractivity contribution < 1.29 is 9.90 Å². The Morgan fingerprint density at radius 2 is 1.95 bits per heavy atom. The van der Waals surface area contributed by atoms with E-state index in [1.165, 1.54) is 0 Å². The SMILES string of the molecule is CC(C)Cc1nc2cccnc2n1-c1ccc(C(=O)O)cc1. The van der Waals surface area contributed by atoms with Crippen molar-refractivity contribution in [3.8, 4) is 5.69 Å². The van der Waals surface area contributed by atoms with Crippen molar-refractivity contribution in [1.82, 2.24) is 14.5 Å². The highest BCUT2D eigenvalue weighted by molar-refractivity contribution is 5.87. The van der Waals surface area contributed by atoms with Gasteiger partial charge in [0.15, 0.2) is 5.65 Å². The molecule has 0 aliphatic carbocycles. The normalized spacial score (nSPS) is 11.2. The van der Waals surface area contributed by atoms with Crippen molar-refractivity contribution >= 4 is 17.1 Å². The molecule has 3 rings (SSSR count). The second kappa shape index (κ2) is 5.60. The first kappa shape index (κ1) is 14.3. The zero-order chi connectivity index (χ0) is 15.7. The van der Waals surface area contributed by atoms with Crippen molar-refractivity contribution in [3.05, 3.63) is 54.0 Å². The van der Waals surface area contributed by atoms with Crippen LogP contribution in [0.25, 0.3) is 16.9 Å². The number of carboxylic acids is 1. The molecule has 5 nitrogen and oxygen atoms in total. The summed E-state index contributed by atoms with van der Waals surface area (Å²) in [5, 5.41) is 9.02. The second-order valence-electron chi connectivity index (χ2n) is 5.66. The van der Waals surface area contributed by atoms with E-state index in [0.29, 0.717) is 5.92 Å². The highest BCUT2D eigenvalue weighted by Gasteiger charge is 2.14. The van der Waals surface area contributed by atoms with E-state index in [4.69, 9.17) is 5.11 Å². The van der Waals surface area contributed by atoms with Crippen molar-refractivity contribution in [2.75, 3.05) is 0 Å². The molecule has 0 aliphatic heterocycles. The summed E-state index contributed by atoms with van der Waals surface area (Å²) >= 11 is 0. The van der Waals surface area contributed by atoms with E-state index in [-0.39, 0.29) is 5.56 Å². The molecule has 0 fully saturated rings. The first-order chi connectivity index (χ1) is 10.6.